The van der Waals surface area contributed by atoms with Crippen LogP contribution < -0.4 is 15.8 Å². The molecule has 1 N–H and O–H groups in total. The molecule has 0 amide bonds. The van der Waals surface area contributed by atoms with Crippen molar-refractivity contribution in [2.75, 3.05) is 31.1 Å². The van der Waals surface area contributed by atoms with Crippen molar-refractivity contribution in [1.29, 1.82) is 0 Å². The predicted molar refractivity (Wildman–Crippen MR) is 110 cm³/mol. The van der Waals surface area contributed by atoms with Gasteiger partial charge in [0.15, 0.2) is 0 Å². The number of piperazine rings is 1. The number of nitrogens with one attached hydrogen (secondary N) is 1. The van der Waals surface area contributed by atoms with Gasteiger partial charge in [-0.3, -0.25) is 9.78 Å². The molecule has 28 heavy (non-hydrogen) atoms. The summed E-state index contributed by atoms with van der Waals surface area (Å²) < 4.78 is 3.49. The summed E-state index contributed by atoms with van der Waals surface area (Å²) in [5.74, 6) is 0.837. The van der Waals surface area contributed by atoms with E-state index in [1.54, 1.807) is 12.4 Å². The summed E-state index contributed by atoms with van der Waals surface area (Å²) in [6.45, 7) is 8.63. The van der Waals surface area contributed by atoms with Gasteiger partial charge in [-0.15, -0.1) is 0 Å². The van der Waals surface area contributed by atoms with E-state index in [9.17, 15) is 4.79 Å². The van der Waals surface area contributed by atoms with Crippen molar-refractivity contribution in [3.63, 3.8) is 0 Å². The van der Waals surface area contributed by atoms with Crippen LogP contribution in [0.1, 0.15) is 19.5 Å². The van der Waals surface area contributed by atoms with E-state index >= 15 is 0 Å². The number of imidazole rings is 1. The van der Waals surface area contributed by atoms with Gasteiger partial charge in [-0.2, -0.15) is 5.10 Å². The smallest absolute Gasteiger partial charge is 0.293 e. The van der Waals surface area contributed by atoms with E-state index in [4.69, 9.17) is 4.98 Å². The maximum Gasteiger partial charge on any atom is 0.293 e. The predicted octanol–water partition coefficient (Wildman–Crippen LogP) is 1.41. The molecule has 0 radical (unpaired) electrons. The normalized spacial score (nSPS) is 14.4. The highest BCUT2D eigenvalue weighted by Gasteiger charge is 2.21. The number of nitrogens with zero attached hydrogens (tertiary/aromatic N) is 6. The van der Waals surface area contributed by atoms with Gasteiger partial charge in [0.05, 0.1) is 18.4 Å². The Kier molecular flexibility index (Phi) is 5.21. The number of allylic oxidation sites excluding steroid dienone is 2. The molecular formula is C20H25N7O. The largest absolute Gasteiger partial charge is 0.340 e. The van der Waals surface area contributed by atoms with Crippen molar-refractivity contribution in [3.05, 3.63) is 58.3 Å². The van der Waals surface area contributed by atoms with Gasteiger partial charge < -0.3 is 14.8 Å². The Morgan fingerprint density at radius 1 is 1.25 bits per heavy atom. The van der Waals surface area contributed by atoms with Crippen LogP contribution in [0.25, 0.3) is 11.0 Å². The van der Waals surface area contributed by atoms with Crippen molar-refractivity contribution in [2.24, 2.45) is 0 Å². The summed E-state index contributed by atoms with van der Waals surface area (Å²) in [4.78, 5) is 24.6. The van der Waals surface area contributed by atoms with Crippen LogP contribution in [-0.4, -0.2) is 50.5 Å². The molecule has 4 heterocycles. The summed E-state index contributed by atoms with van der Waals surface area (Å²) in [6.07, 6.45) is 5.53. The number of anilines is 1. The van der Waals surface area contributed by atoms with Gasteiger partial charge >= 0.3 is 0 Å². The minimum atomic E-state index is -0.140. The topological polar surface area (TPSA) is 80.9 Å². The zero-order valence-corrected chi connectivity index (χ0v) is 16.3. The summed E-state index contributed by atoms with van der Waals surface area (Å²) in [5, 5.41) is 7.70. The average molecular weight is 379 g/mol. The van der Waals surface area contributed by atoms with Crippen molar-refractivity contribution in [2.45, 2.75) is 26.9 Å². The fraction of sp³-hybridized carbons (Fsp3) is 0.400. The average Bonchev–Trinajstić information content (AvgIpc) is 3.09. The van der Waals surface area contributed by atoms with Crippen molar-refractivity contribution in [1.82, 2.24) is 29.6 Å². The molecule has 0 aromatic carbocycles. The molecule has 8 heteroatoms. The molecular weight excluding hydrogens is 354 g/mol. The van der Waals surface area contributed by atoms with Crippen LogP contribution in [0, 0.1) is 0 Å². The van der Waals surface area contributed by atoms with E-state index in [1.807, 2.05) is 22.8 Å². The Labute approximate surface area is 163 Å². The van der Waals surface area contributed by atoms with Crippen molar-refractivity contribution >= 4 is 17.0 Å². The van der Waals surface area contributed by atoms with Crippen molar-refractivity contribution < 1.29 is 0 Å². The minimum Gasteiger partial charge on any atom is -0.340 e. The van der Waals surface area contributed by atoms with Gasteiger partial charge in [-0.05, 0) is 26.0 Å². The standard InChI is InChI=1S/C20H25N7O/c1-15(2)6-10-26-18-17(24-20(26)25-11-8-21-9-12-25)13-23-27(19(18)28)14-16-5-3-4-7-22-16/h3-7,13,21H,8-12,14H2,1-2H3. The summed E-state index contributed by atoms with van der Waals surface area (Å²) in [6, 6.07) is 5.66. The second kappa shape index (κ2) is 7.93. The van der Waals surface area contributed by atoms with Gasteiger partial charge in [0, 0.05) is 38.9 Å². The van der Waals surface area contributed by atoms with Crippen LogP contribution in [0.3, 0.4) is 0 Å². The number of rotatable bonds is 5. The zero-order valence-electron chi connectivity index (χ0n) is 16.3. The lowest BCUT2D eigenvalue weighted by atomic mass is 10.3. The van der Waals surface area contributed by atoms with E-state index in [1.165, 1.54) is 10.3 Å². The molecule has 4 rings (SSSR count). The maximum atomic E-state index is 13.3. The lowest BCUT2D eigenvalue weighted by molar-refractivity contribution is 0.571. The second-order valence-electron chi connectivity index (χ2n) is 7.20. The molecule has 3 aromatic rings. The summed E-state index contributed by atoms with van der Waals surface area (Å²) in [7, 11) is 0. The molecule has 0 spiro atoms. The van der Waals surface area contributed by atoms with Crippen LogP contribution in [0.5, 0.6) is 0 Å². The monoisotopic (exact) mass is 379 g/mol. The fourth-order valence-corrected chi connectivity index (χ4v) is 3.38. The van der Waals surface area contributed by atoms with Crippen LogP contribution >= 0.6 is 0 Å². The lowest BCUT2D eigenvalue weighted by Gasteiger charge is -2.28. The van der Waals surface area contributed by atoms with Gasteiger partial charge in [-0.1, -0.05) is 17.7 Å². The number of aromatic nitrogens is 5. The quantitative estimate of drug-likeness (QED) is 0.675. The van der Waals surface area contributed by atoms with E-state index in [0.29, 0.717) is 24.1 Å². The Morgan fingerprint density at radius 2 is 2.07 bits per heavy atom. The number of hydrogen-bond donors (Lipinski definition) is 1. The molecule has 1 aliphatic rings. The molecule has 0 atom stereocenters. The highest BCUT2D eigenvalue weighted by molar-refractivity contribution is 5.77. The third-order valence-corrected chi connectivity index (χ3v) is 4.85. The Morgan fingerprint density at radius 3 is 2.79 bits per heavy atom. The number of pyridine rings is 1. The fourth-order valence-electron chi connectivity index (χ4n) is 3.38. The molecule has 8 nitrogen and oxygen atoms in total. The Bertz CT molecular complexity index is 1040. The molecule has 1 fully saturated rings. The Hall–Kier alpha value is -3.00. The van der Waals surface area contributed by atoms with E-state index in [0.717, 1.165) is 37.8 Å². The first-order valence-electron chi connectivity index (χ1n) is 9.59. The van der Waals surface area contributed by atoms with E-state index in [2.05, 4.69) is 40.2 Å². The molecule has 146 valence electrons. The van der Waals surface area contributed by atoms with Gasteiger partial charge in [0.25, 0.3) is 5.56 Å². The molecule has 1 saturated heterocycles. The van der Waals surface area contributed by atoms with E-state index in [-0.39, 0.29) is 5.56 Å². The number of fused-ring (bicyclic) bond motifs is 1. The number of hydrogen-bond acceptors (Lipinski definition) is 6. The van der Waals surface area contributed by atoms with Gasteiger partial charge in [-0.25, -0.2) is 9.67 Å². The molecule has 3 aromatic heterocycles. The van der Waals surface area contributed by atoms with Crippen molar-refractivity contribution in [3.8, 4) is 0 Å². The third-order valence-electron chi connectivity index (χ3n) is 4.85. The van der Waals surface area contributed by atoms with E-state index < -0.39 is 0 Å². The first-order valence-corrected chi connectivity index (χ1v) is 9.59. The van der Waals surface area contributed by atoms with Crippen LogP contribution in [0.2, 0.25) is 0 Å². The van der Waals surface area contributed by atoms with Crippen LogP contribution in [0.15, 0.2) is 47.0 Å². The van der Waals surface area contributed by atoms with Gasteiger partial charge in [0.1, 0.15) is 11.0 Å². The van der Waals surface area contributed by atoms with Crippen LogP contribution in [-0.2, 0) is 13.1 Å². The lowest BCUT2D eigenvalue weighted by Crippen LogP contribution is -2.44. The third kappa shape index (κ3) is 3.68. The molecule has 1 aliphatic heterocycles. The van der Waals surface area contributed by atoms with Gasteiger partial charge in [0.2, 0.25) is 5.95 Å². The summed E-state index contributed by atoms with van der Waals surface area (Å²) >= 11 is 0. The maximum absolute atomic E-state index is 13.3. The highest BCUT2D eigenvalue weighted by Crippen LogP contribution is 2.21. The molecule has 0 aliphatic carbocycles. The SMILES string of the molecule is CC(C)=CCn1c(N2CCNCC2)nc2cnn(Cc3ccccn3)c(=O)c21. The molecule has 0 saturated carbocycles. The zero-order chi connectivity index (χ0) is 19.5. The summed E-state index contributed by atoms with van der Waals surface area (Å²) in [5.41, 5.74) is 3.10. The highest BCUT2D eigenvalue weighted by atomic mass is 16.1. The second-order valence-corrected chi connectivity index (χ2v) is 7.20. The molecule has 0 unspecified atom stereocenters. The molecule has 0 bridgehead atoms. The minimum absolute atomic E-state index is 0.140. The Balaban J connectivity index is 1.81. The first kappa shape index (κ1) is 18.4. The first-order chi connectivity index (χ1) is 13.6. The van der Waals surface area contributed by atoms with Crippen LogP contribution in [0.4, 0.5) is 5.95 Å².